The maximum atomic E-state index is 12.4. The van der Waals surface area contributed by atoms with Gasteiger partial charge in [-0.25, -0.2) is 0 Å². The van der Waals surface area contributed by atoms with Gasteiger partial charge in [-0.1, -0.05) is 23.2 Å². The lowest BCUT2D eigenvalue weighted by atomic mass is 9.81. The van der Waals surface area contributed by atoms with Crippen molar-refractivity contribution in [2.24, 2.45) is 11.8 Å². The number of carbonyl (C=O) groups is 4. The van der Waals surface area contributed by atoms with Gasteiger partial charge in [-0.3, -0.25) is 40.9 Å². The molecule has 3 rings (SSSR count). The summed E-state index contributed by atoms with van der Waals surface area (Å²) < 4.78 is 12.0. The lowest BCUT2D eigenvalue weighted by Crippen LogP contribution is -2.48. The van der Waals surface area contributed by atoms with E-state index in [1.807, 2.05) is 0 Å². The number of carbonyl (C=O) groups excluding carboxylic acids is 4. The lowest BCUT2D eigenvalue weighted by molar-refractivity contribution is -0.135. The van der Waals surface area contributed by atoms with Crippen LogP contribution in [0.25, 0.3) is 0 Å². The molecule has 4 amide bonds. The highest BCUT2D eigenvalue weighted by atomic mass is 79.9. The second kappa shape index (κ2) is 14.6. The van der Waals surface area contributed by atoms with Gasteiger partial charge in [-0.15, -0.1) is 0 Å². The highest BCUT2D eigenvalue weighted by Gasteiger charge is 2.30. The Morgan fingerprint density at radius 1 is 0.684 bits per heavy atom. The van der Waals surface area contributed by atoms with E-state index in [-0.39, 0.29) is 36.9 Å². The van der Waals surface area contributed by atoms with Crippen LogP contribution < -0.4 is 31.2 Å². The molecule has 0 bridgehead atoms. The quantitative estimate of drug-likeness (QED) is 0.308. The maximum Gasteiger partial charge on any atom is 0.276 e. The molecule has 2 aromatic carbocycles. The van der Waals surface area contributed by atoms with Crippen molar-refractivity contribution in [3.05, 3.63) is 55.4 Å². The number of nitrogens with one attached hydrogen (secondary N) is 4. The molecule has 14 heteroatoms. The van der Waals surface area contributed by atoms with Crippen molar-refractivity contribution in [1.29, 1.82) is 0 Å². The van der Waals surface area contributed by atoms with Crippen molar-refractivity contribution < 1.29 is 28.7 Å². The second-order valence-electron chi connectivity index (χ2n) is 8.35. The zero-order valence-electron chi connectivity index (χ0n) is 19.8. The fourth-order valence-corrected chi connectivity index (χ4v) is 5.22. The molecule has 4 N–H and O–H groups in total. The first-order valence-electron chi connectivity index (χ1n) is 11.5. The van der Waals surface area contributed by atoms with E-state index in [1.54, 1.807) is 36.4 Å². The molecular weight excluding hydrogens is 671 g/mol. The Morgan fingerprint density at radius 3 is 1.39 bits per heavy atom. The van der Waals surface area contributed by atoms with Crippen molar-refractivity contribution in [2.45, 2.75) is 25.7 Å². The number of ether oxygens (including phenoxy) is 2. The molecule has 1 saturated carbocycles. The topological polar surface area (TPSA) is 135 Å². The van der Waals surface area contributed by atoms with E-state index in [2.05, 4.69) is 53.6 Å². The lowest BCUT2D eigenvalue weighted by Gasteiger charge is -2.27. The number of halogens is 4. The van der Waals surface area contributed by atoms with Crippen LogP contribution in [0.2, 0.25) is 10.0 Å². The number of benzene rings is 2. The Bertz CT molecular complexity index is 1100. The first kappa shape index (κ1) is 30.0. The van der Waals surface area contributed by atoms with Gasteiger partial charge in [-0.2, -0.15) is 0 Å². The van der Waals surface area contributed by atoms with Crippen LogP contribution in [0.1, 0.15) is 25.7 Å². The van der Waals surface area contributed by atoms with Crippen molar-refractivity contribution in [3.8, 4) is 11.5 Å². The van der Waals surface area contributed by atoms with Gasteiger partial charge in [0, 0.05) is 21.9 Å². The zero-order valence-corrected chi connectivity index (χ0v) is 24.5. The standard InChI is InChI=1S/C24H24Br2Cl2N4O6/c25-17-9-15(27)5-7-19(17)37-11-21(33)29-31-23(35)13-1-2-14(4-3-13)24(36)32-30-22(34)12-38-20-8-6-16(28)10-18(20)26/h5-10,13-14H,1-4,11-12H2,(H,29,33)(H,30,34)(H,31,35)(H,32,36). The highest BCUT2D eigenvalue weighted by Crippen LogP contribution is 2.30. The molecule has 0 radical (unpaired) electrons. The van der Waals surface area contributed by atoms with Crippen LogP contribution in [-0.4, -0.2) is 36.8 Å². The first-order valence-corrected chi connectivity index (χ1v) is 13.8. The molecule has 10 nitrogen and oxygen atoms in total. The predicted octanol–water partition coefficient (Wildman–Crippen LogP) is 4.08. The van der Waals surface area contributed by atoms with Gasteiger partial charge in [0.2, 0.25) is 11.8 Å². The van der Waals surface area contributed by atoms with Gasteiger partial charge < -0.3 is 9.47 Å². The summed E-state index contributed by atoms with van der Waals surface area (Å²) in [6.45, 7) is -0.609. The third-order valence-electron chi connectivity index (χ3n) is 5.62. The fraction of sp³-hybridized carbons (Fsp3) is 0.333. The summed E-state index contributed by atoms with van der Waals surface area (Å²) in [4.78, 5) is 48.9. The van der Waals surface area contributed by atoms with Crippen molar-refractivity contribution in [1.82, 2.24) is 21.7 Å². The van der Waals surface area contributed by atoms with Crippen LogP contribution in [0.3, 0.4) is 0 Å². The van der Waals surface area contributed by atoms with E-state index in [0.717, 1.165) is 0 Å². The molecule has 1 aliphatic carbocycles. The number of hydrazine groups is 2. The van der Waals surface area contributed by atoms with Gasteiger partial charge in [-0.05, 0) is 93.9 Å². The Balaban J connectivity index is 1.31. The minimum absolute atomic E-state index is 0.304. The molecule has 0 atom stereocenters. The van der Waals surface area contributed by atoms with E-state index < -0.39 is 11.8 Å². The van der Waals surface area contributed by atoms with Gasteiger partial charge in [0.15, 0.2) is 13.2 Å². The Hall–Kier alpha value is -2.54. The number of hydrogen-bond donors (Lipinski definition) is 4. The summed E-state index contributed by atoms with van der Waals surface area (Å²) in [6.07, 6.45) is 1.82. The van der Waals surface area contributed by atoms with Crippen molar-refractivity contribution in [2.75, 3.05) is 13.2 Å². The summed E-state index contributed by atoms with van der Waals surface area (Å²) in [5.41, 5.74) is 9.44. The first-order chi connectivity index (χ1) is 18.1. The molecule has 38 heavy (non-hydrogen) atoms. The van der Waals surface area contributed by atoms with Crippen molar-refractivity contribution in [3.63, 3.8) is 0 Å². The Morgan fingerprint density at radius 2 is 1.05 bits per heavy atom. The minimum atomic E-state index is -0.531. The van der Waals surface area contributed by atoms with Crippen molar-refractivity contribution >= 4 is 78.7 Å². The van der Waals surface area contributed by atoms with Crippen LogP contribution in [0.15, 0.2) is 45.3 Å². The van der Waals surface area contributed by atoms with Crippen LogP contribution in [0, 0.1) is 11.8 Å². The van der Waals surface area contributed by atoms with Crippen LogP contribution in [0.4, 0.5) is 0 Å². The molecule has 0 unspecified atom stereocenters. The Labute approximate surface area is 245 Å². The van der Waals surface area contributed by atoms with E-state index in [0.29, 0.717) is 56.2 Å². The molecule has 1 aliphatic rings. The zero-order chi connectivity index (χ0) is 27.7. The average Bonchev–Trinajstić information content (AvgIpc) is 2.89. The number of hydrogen-bond acceptors (Lipinski definition) is 6. The van der Waals surface area contributed by atoms with E-state index in [9.17, 15) is 19.2 Å². The molecule has 2 aromatic rings. The maximum absolute atomic E-state index is 12.4. The van der Waals surface area contributed by atoms with Crippen LogP contribution in [0.5, 0.6) is 11.5 Å². The third-order valence-corrected chi connectivity index (χ3v) is 7.33. The average molecular weight is 695 g/mol. The minimum Gasteiger partial charge on any atom is -0.483 e. The van der Waals surface area contributed by atoms with Gasteiger partial charge in [0.25, 0.3) is 11.8 Å². The second-order valence-corrected chi connectivity index (χ2v) is 10.9. The fourth-order valence-electron chi connectivity index (χ4n) is 3.63. The molecular formula is C24H24Br2Cl2N4O6. The molecule has 0 saturated heterocycles. The monoisotopic (exact) mass is 692 g/mol. The summed E-state index contributed by atoms with van der Waals surface area (Å²) >= 11 is 18.3. The number of amides is 4. The molecule has 1 fully saturated rings. The van der Waals surface area contributed by atoms with Crippen LogP contribution >= 0.6 is 55.1 Å². The smallest absolute Gasteiger partial charge is 0.276 e. The summed E-state index contributed by atoms with van der Waals surface area (Å²) in [7, 11) is 0. The summed E-state index contributed by atoms with van der Waals surface area (Å²) in [6, 6.07) is 9.76. The molecule has 204 valence electrons. The SMILES string of the molecule is O=C(COc1ccc(Cl)cc1Br)NNC(=O)C1CCC(C(=O)NNC(=O)COc2ccc(Cl)cc2Br)CC1. The van der Waals surface area contributed by atoms with E-state index >= 15 is 0 Å². The molecule has 0 aliphatic heterocycles. The van der Waals surface area contributed by atoms with E-state index in [4.69, 9.17) is 32.7 Å². The molecule has 0 aromatic heterocycles. The molecule has 0 heterocycles. The normalized spacial score (nSPS) is 16.6. The van der Waals surface area contributed by atoms with E-state index in [1.165, 1.54) is 0 Å². The summed E-state index contributed by atoms with van der Waals surface area (Å²) in [5, 5.41) is 1.04. The Kier molecular flexibility index (Phi) is 11.5. The largest absolute Gasteiger partial charge is 0.483 e. The number of rotatable bonds is 8. The predicted molar refractivity (Wildman–Crippen MR) is 147 cm³/mol. The summed E-state index contributed by atoms with van der Waals surface area (Å²) in [5.74, 6) is -1.59. The van der Waals surface area contributed by atoms with Crippen LogP contribution in [-0.2, 0) is 19.2 Å². The van der Waals surface area contributed by atoms with Gasteiger partial charge >= 0.3 is 0 Å². The molecule has 0 spiro atoms. The highest BCUT2D eigenvalue weighted by molar-refractivity contribution is 9.10. The van der Waals surface area contributed by atoms with Gasteiger partial charge in [0.1, 0.15) is 11.5 Å². The third kappa shape index (κ3) is 9.33. The van der Waals surface area contributed by atoms with Gasteiger partial charge in [0.05, 0.1) is 8.95 Å².